The zero-order valence-corrected chi connectivity index (χ0v) is 11.1. The minimum atomic E-state index is -0.123. The molecule has 0 aliphatic rings. The fourth-order valence-corrected chi connectivity index (χ4v) is 1.74. The number of rotatable bonds is 3. The molecule has 4 heteroatoms. The van der Waals surface area contributed by atoms with E-state index in [0.717, 1.165) is 16.1 Å². The van der Waals surface area contributed by atoms with Crippen LogP contribution in [-0.4, -0.2) is 4.98 Å². The molecule has 0 saturated heterocycles. The van der Waals surface area contributed by atoms with Gasteiger partial charge in [0, 0.05) is 22.8 Å². The van der Waals surface area contributed by atoms with E-state index in [0.29, 0.717) is 11.6 Å². The molecule has 0 radical (unpaired) electrons. The van der Waals surface area contributed by atoms with Gasteiger partial charge >= 0.3 is 0 Å². The molecule has 2 aromatic rings. The highest BCUT2D eigenvalue weighted by molar-refractivity contribution is 6.31. The van der Waals surface area contributed by atoms with E-state index in [9.17, 15) is 0 Å². The predicted octanol–water partition coefficient (Wildman–Crippen LogP) is 3.86. The van der Waals surface area contributed by atoms with Crippen LogP contribution in [0.25, 0.3) is 0 Å². The highest BCUT2D eigenvalue weighted by Crippen LogP contribution is 2.28. The third-order valence-corrected chi connectivity index (χ3v) is 3.06. The first-order valence-electron chi connectivity index (χ1n) is 5.72. The second-order valence-electron chi connectivity index (χ2n) is 4.20. The minimum Gasteiger partial charge on any atom is -0.439 e. The molecule has 1 heterocycles. The van der Waals surface area contributed by atoms with E-state index in [1.165, 1.54) is 0 Å². The SMILES string of the molecule is Cc1cc(Oc2ncccc2[C@H](C)N)ccc1Cl. The highest BCUT2D eigenvalue weighted by atomic mass is 35.5. The zero-order valence-electron chi connectivity index (χ0n) is 10.4. The summed E-state index contributed by atoms with van der Waals surface area (Å²) in [4.78, 5) is 4.21. The zero-order chi connectivity index (χ0) is 13.1. The predicted molar refractivity (Wildman–Crippen MR) is 73.1 cm³/mol. The molecule has 0 aliphatic carbocycles. The van der Waals surface area contributed by atoms with Gasteiger partial charge in [0.15, 0.2) is 0 Å². The lowest BCUT2D eigenvalue weighted by molar-refractivity contribution is 0.452. The second kappa shape index (κ2) is 5.38. The maximum absolute atomic E-state index is 5.97. The van der Waals surface area contributed by atoms with Gasteiger partial charge < -0.3 is 10.5 Å². The van der Waals surface area contributed by atoms with Crippen molar-refractivity contribution in [3.05, 3.63) is 52.7 Å². The molecule has 1 aromatic carbocycles. The van der Waals surface area contributed by atoms with Crippen molar-refractivity contribution in [3.8, 4) is 11.6 Å². The fourth-order valence-electron chi connectivity index (χ4n) is 1.63. The number of aromatic nitrogens is 1. The topological polar surface area (TPSA) is 48.1 Å². The van der Waals surface area contributed by atoms with E-state index in [-0.39, 0.29) is 6.04 Å². The summed E-state index contributed by atoms with van der Waals surface area (Å²) >= 11 is 5.97. The lowest BCUT2D eigenvalue weighted by Gasteiger charge is -2.12. The van der Waals surface area contributed by atoms with E-state index >= 15 is 0 Å². The third kappa shape index (κ3) is 2.81. The fraction of sp³-hybridized carbons (Fsp3) is 0.214. The summed E-state index contributed by atoms with van der Waals surface area (Å²) in [6, 6.07) is 9.13. The van der Waals surface area contributed by atoms with Gasteiger partial charge in [0.25, 0.3) is 0 Å². The van der Waals surface area contributed by atoms with Crippen LogP contribution < -0.4 is 10.5 Å². The molecule has 2 rings (SSSR count). The lowest BCUT2D eigenvalue weighted by atomic mass is 10.1. The van der Waals surface area contributed by atoms with Crippen molar-refractivity contribution in [2.45, 2.75) is 19.9 Å². The van der Waals surface area contributed by atoms with E-state index in [4.69, 9.17) is 22.1 Å². The number of aryl methyl sites for hydroxylation is 1. The molecule has 0 saturated carbocycles. The Morgan fingerprint density at radius 3 is 2.78 bits per heavy atom. The molecule has 0 aliphatic heterocycles. The number of halogens is 1. The van der Waals surface area contributed by atoms with Crippen LogP contribution in [0, 0.1) is 6.92 Å². The maximum Gasteiger partial charge on any atom is 0.223 e. The monoisotopic (exact) mass is 262 g/mol. The van der Waals surface area contributed by atoms with Gasteiger partial charge in [0.2, 0.25) is 5.88 Å². The van der Waals surface area contributed by atoms with Gasteiger partial charge in [-0.3, -0.25) is 0 Å². The molecular weight excluding hydrogens is 248 g/mol. The molecular formula is C14H15ClN2O. The Labute approximate surface area is 112 Å². The van der Waals surface area contributed by atoms with Gasteiger partial charge in [-0.1, -0.05) is 17.7 Å². The number of hydrogen-bond acceptors (Lipinski definition) is 3. The van der Waals surface area contributed by atoms with Crippen LogP contribution in [0.15, 0.2) is 36.5 Å². The number of benzene rings is 1. The standard InChI is InChI=1S/C14H15ClN2O/c1-9-8-11(5-6-13(9)15)18-14-12(10(2)16)4-3-7-17-14/h3-8,10H,16H2,1-2H3/t10-/m0/s1. The average Bonchev–Trinajstić information content (AvgIpc) is 2.34. The summed E-state index contributed by atoms with van der Waals surface area (Å²) in [5.74, 6) is 1.24. The molecule has 1 atom stereocenters. The Morgan fingerprint density at radius 1 is 1.33 bits per heavy atom. The van der Waals surface area contributed by atoms with Crippen molar-refractivity contribution in [1.82, 2.24) is 4.98 Å². The van der Waals surface area contributed by atoms with E-state index in [1.54, 1.807) is 12.3 Å². The quantitative estimate of drug-likeness (QED) is 0.914. The Hall–Kier alpha value is -1.58. The first-order valence-corrected chi connectivity index (χ1v) is 6.10. The number of pyridine rings is 1. The largest absolute Gasteiger partial charge is 0.439 e. The molecule has 0 fully saturated rings. The van der Waals surface area contributed by atoms with Gasteiger partial charge in [0.05, 0.1) is 0 Å². The van der Waals surface area contributed by atoms with Gasteiger partial charge in [-0.25, -0.2) is 4.98 Å². The summed E-state index contributed by atoms with van der Waals surface area (Å²) in [6.45, 7) is 3.83. The first-order chi connectivity index (χ1) is 8.58. The molecule has 0 unspecified atom stereocenters. The highest BCUT2D eigenvalue weighted by Gasteiger charge is 2.10. The number of hydrogen-bond donors (Lipinski definition) is 1. The number of nitrogens with zero attached hydrogens (tertiary/aromatic N) is 1. The molecule has 0 amide bonds. The Kier molecular flexibility index (Phi) is 3.84. The Balaban J connectivity index is 2.31. The van der Waals surface area contributed by atoms with Gasteiger partial charge in [-0.15, -0.1) is 0 Å². The summed E-state index contributed by atoms with van der Waals surface area (Å²) < 4.78 is 5.76. The van der Waals surface area contributed by atoms with Crippen LogP contribution in [0.5, 0.6) is 11.6 Å². The smallest absolute Gasteiger partial charge is 0.223 e. The summed E-state index contributed by atoms with van der Waals surface area (Å²) in [7, 11) is 0. The van der Waals surface area contributed by atoms with Crippen LogP contribution in [0.3, 0.4) is 0 Å². The molecule has 0 bridgehead atoms. The Bertz CT molecular complexity index is 555. The maximum atomic E-state index is 5.97. The van der Waals surface area contributed by atoms with Crippen LogP contribution in [-0.2, 0) is 0 Å². The molecule has 0 spiro atoms. The van der Waals surface area contributed by atoms with Crippen LogP contribution in [0.1, 0.15) is 24.1 Å². The van der Waals surface area contributed by atoms with Crippen molar-refractivity contribution in [2.24, 2.45) is 5.73 Å². The van der Waals surface area contributed by atoms with Gasteiger partial charge in [-0.2, -0.15) is 0 Å². The minimum absolute atomic E-state index is 0.123. The van der Waals surface area contributed by atoms with Crippen LogP contribution in [0.4, 0.5) is 0 Å². The summed E-state index contributed by atoms with van der Waals surface area (Å²) in [6.07, 6.45) is 1.68. The van der Waals surface area contributed by atoms with Gasteiger partial charge in [-0.05, 0) is 43.7 Å². The van der Waals surface area contributed by atoms with Crippen molar-refractivity contribution >= 4 is 11.6 Å². The van der Waals surface area contributed by atoms with Crippen molar-refractivity contribution in [2.75, 3.05) is 0 Å². The third-order valence-electron chi connectivity index (χ3n) is 2.64. The molecule has 1 aromatic heterocycles. The van der Waals surface area contributed by atoms with E-state index in [1.807, 2.05) is 38.1 Å². The normalized spacial score (nSPS) is 12.2. The molecule has 2 N–H and O–H groups in total. The summed E-state index contributed by atoms with van der Waals surface area (Å²) in [5.41, 5.74) is 7.73. The molecule has 3 nitrogen and oxygen atoms in total. The van der Waals surface area contributed by atoms with Crippen LogP contribution in [0.2, 0.25) is 5.02 Å². The Morgan fingerprint density at radius 2 is 2.11 bits per heavy atom. The number of nitrogens with two attached hydrogens (primary N) is 1. The first kappa shape index (κ1) is 12.9. The lowest BCUT2D eigenvalue weighted by Crippen LogP contribution is -2.07. The molecule has 94 valence electrons. The molecule has 18 heavy (non-hydrogen) atoms. The van der Waals surface area contributed by atoms with Crippen LogP contribution >= 0.6 is 11.6 Å². The van der Waals surface area contributed by atoms with Crippen molar-refractivity contribution in [3.63, 3.8) is 0 Å². The number of ether oxygens (including phenoxy) is 1. The van der Waals surface area contributed by atoms with Crippen molar-refractivity contribution in [1.29, 1.82) is 0 Å². The van der Waals surface area contributed by atoms with Crippen molar-refractivity contribution < 1.29 is 4.74 Å². The summed E-state index contributed by atoms with van der Waals surface area (Å²) in [5, 5.41) is 0.718. The second-order valence-corrected chi connectivity index (χ2v) is 4.61. The van der Waals surface area contributed by atoms with Gasteiger partial charge in [0.1, 0.15) is 5.75 Å². The van der Waals surface area contributed by atoms with E-state index in [2.05, 4.69) is 4.98 Å². The van der Waals surface area contributed by atoms with E-state index < -0.39 is 0 Å². The average molecular weight is 263 g/mol.